The molecule has 0 aliphatic carbocycles. The van der Waals surface area contributed by atoms with Gasteiger partial charge in [-0.3, -0.25) is 8.80 Å². The van der Waals surface area contributed by atoms with E-state index in [0.717, 1.165) is 11.4 Å². The van der Waals surface area contributed by atoms with E-state index in [4.69, 9.17) is 0 Å². The van der Waals surface area contributed by atoms with E-state index in [2.05, 4.69) is 190 Å². The van der Waals surface area contributed by atoms with Gasteiger partial charge in [-0.1, -0.05) is 127 Å². The lowest BCUT2D eigenvalue weighted by atomic mass is 9.98. The molecule has 0 unspecified atom stereocenters. The van der Waals surface area contributed by atoms with Crippen molar-refractivity contribution in [1.29, 1.82) is 0 Å². The van der Waals surface area contributed by atoms with E-state index < -0.39 is 0 Å². The first-order chi connectivity index (χ1) is 25.8. The van der Waals surface area contributed by atoms with Crippen LogP contribution in [0.25, 0.3) is 85.9 Å². The molecule has 4 heterocycles. The summed E-state index contributed by atoms with van der Waals surface area (Å²) in [5.41, 5.74) is 12.0. The second-order valence-corrected chi connectivity index (χ2v) is 14.8. The van der Waals surface area contributed by atoms with Gasteiger partial charge in [0.15, 0.2) is 0 Å². The maximum atomic E-state index is 2.51. The van der Waals surface area contributed by atoms with Crippen molar-refractivity contribution in [2.45, 2.75) is 0 Å². The molecule has 8 aromatic carbocycles. The molecule has 12 rings (SSSR count). The first kappa shape index (κ1) is 28.1. The van der Waals surface area contributed by atoms with Gasteiger partial charge in [-0.15, -0.1) is 11.3 Å². The predicted octanol–water partition coefficient (Wildman–Crippen LogP) is 13.7. The minimum absolute atomic E-state index is 1.12. The number of anilines is 3. The van der Waals surface area contributed by atoms with E-state index in [-0.39, 0.29) is 0 Å². The fourth-order valence-electron chi connectivity index (χ4n) is 8.86. The summed E-state index contributed by atoms with van der Waals surface area (Å²) < 4.78 is 7.56. The van der Waals surface area contributed by atoms with Gasteiger partial charge in [-0.25, -0.2) is 0 Å². The largest absolute Gasteiger partial charge is 0.307 e. The third kappa shape index (κ3) is 3.69. The van der Waals surface area contributed by atoms with Crippen LogP contribution in [0.5, 0.6) is 0 Å². The number of hydrogen-bond acceptors (Lipinski definition) is 2. The standard InChI is InChI=1S/C48H29N3S/c1-2-14-33-30(12-1)13-9-17-34(33)31-26-28-32(29-27-31)49(43-24-10-18-36-35-15-4-8-25-44(35)52-47(36)43)42-23-11-19-38-45-37-16-3-5-20-39(37)50-40-21-6-7-22-41(40)51(46(38)42)48(45)50/h1-29H. The third-order valence-electron chi connectivity index (χ3n) is 11.0. The van der Waals surface area contributed by atoms with Gasteiger partial charge in [0, 0.05) is 37.3 Å². The molecule has 0 N–H and O–H groups in total. The zero-order chi connectivity index (χ0) is 33.9. The summed E-state index contributed by atoms with van der Waals surface area (Å²) in [6.45, 7) is 0. The topological polar surface area (TPSA) is 12.1 Å². The fourth-order valence-corrected chi connectivity index (χ4v) is 10.1. The highest BCUT2D eigenvalue weighted by atomic mass is 32.1. The molecule has 0 saturated carbocycles. The second-order valence-electron chi connectivity index (χ2n) is 13.7. The quantitative estimate of drug-likeness (QED) is 0.180. The number of hydrogen-bond donors (Lipinski definition) is 0. The summed E-state index contributed by atoms with van der Waals surface area (Å²) >= 11 is 1.88. The van der Waals surface area contributed by atoms with Gasteiger partial charge < -0.3 is 4.90 Å². The van der Waals surface area contributed by atoms with Crippen molar-refractivity contribution in [2.24, 2.45) is 0 Å². The molecule has 4 heteroatoms. The number of fused-ring (bicyclic) bond motifs is 13. The van der Waals surface area contributed by atoms with Crippen LogP contribution in [0.3, 0.4) is 0 Å². The second kappa shape index (κ2) is 10.5. The van der Waals surface area contributed by atoms with Crippen LogP contribution in [0.1, 0.15) is 0 Å². The average Bonchev–Trinajstić information content (AvgIpc) is 3.94. The van der Waals surface area contributed by atoms with Gasteiger partial charge in [-0.05, 0) is 70.4 Å². The third-order valence-corrected chi connectivity index (χ3v) is 12.2. The Balaban J connectivity index is 1.19. The minimum Gasteiger partial charge on any atom is -0.307 e. The van der Waals surface area contributed by atoms with Crippen molar-refractivity contribution in [3.63, 3.8) is 0 Å². The van der Waals surface area contributed by atoms with Crippen LogP contribution >= 0.6 is 11.3 Å². The molecule has 12 aromatic rings. The maximum absolute atomic E-state index is 2.51. The van der Waals surface area contributed by atoms with Crippen LogP contribution in [0.2, 0.25) is 0 Å². The molecule has 3 nitrogen and oxygen atoms in total. The normalized spacial score (nSPS) is 12.2. The zero-order valence-electron chi connectivity index (χ0n) is 28.0. The molecule has 0 spiro atoms. The van der Waals surface area contributed by atoms with Crippen molar-refractivity contribution in [1.82, 2.24) is 8.80 Å². The summed E-state index contributed by atoms with van der Waals surface area (Å²) in [5, 5.41) is 8.96. The predicted molar refractivity (Wildman–Crippen MR) is 223 cm³/mol. The minimum atomic E-state index is 1.12. The monoisotopic (exact) mass is 679 g/mol. The van der Waals surface area contributed by atoms with E-state index in [1.54, 1.807) is 0 Å². The lowest BCUT2D eigenvalue weighted by molar-refractivity contribution is 1.26. The van der Waals surface area contributed by atoms with Gasteiger partial charge in [0.2, 0.25) is 0 Å². The van der Waals surface area contributed by atoms with Crippen LogP contribution in [0.15, 0.2) is 176 Å². The van der Waals surface area contributed by atoms with Crippen molar-refractivity contribution >= 4 is 103 Å². The lowest BCUT2D eigenvalue weighted by Crippen LogP contribution is -2.11. The summed E-state index contributed by atoms with van der Waals surface area (Å²) in [6, 6.07) is 64.6. The van der Waals surface area contributed by atoms with Crippen molar-refractivity contribution in [2.75, 3.05) is 4.90 Å². The van der Waals surface area contributed by atoms with Gasteiger partial charge >= 0.3 is 0 Å². The van der Waals surface area contributed by atoms with E-state index in [1.807, 2.05) is 11.3 Å². The van der Waals surface area contributed by atoms with E-state index in [9.17, 15) is 0 Å². The number of thiophene rings is 1. The first-order valence-corrected chi connectivity index (χ1v) is 18.6. The fraction of sp³-hybridized carbons (Fsp3) is 0. The average molecular weight is 680 g/mol. The van der Waals surface area contributed by atoms with E-state index in [1.165, 1.54) is 91.6 Å². The van der Waals surface area contributed by atoms with Gasteiger partial charge in [0.25, 0.3) is 0 Å². The Labute approximate surface area is 302 Å². The van der Waals surface area contributed by atoms with E-state index >= 15 is 0 Å². The summed E-state index contributed by atoms with van der Waals surface area (Å²) in [7, 11) is 0. The number of aromatic nitrogens is 2. The Morgan fingerprint density at radius 3 is 1.88 bits per heavy atom. The molecule has 0 atom stereocenters. The number of imidazole rings is 1. The molecule has 0 amide bonds. The molecule has 0 fully saturated rings. The summed E-state index contributed by atoms with van der Waals surface area (Å²) in [5.74, 6) is 0. The van der Waals surface area contributed by atoms with Crippen LogP contribution in [-0.2, 0) is 0 Å². The highest BCUT2D eigenvalue weighted by Gasteiger charge is 2.27. The zero-order valence-corrected chi connectivity index (χ0v) is 28.8. The van der Waals surface area contributed by atoms with Gasteiger partial charge in [-0.2, -0.15) is 0 Å². The number of rotatable bonds is 4. The Kier molecular flexibility index (Phi) is 5.65. The molecule has 242 valence electrons. The summed E-state index contributed by atoms with van der Waals surface area (Å²) in [4.78, 5) is 2.50. The summed E-state index contributed by atoms with van der Waals surface area (Å²) in [6.07, 6.45) is 0. The Bertz CT molecular complexity index is 3350. The van der Waals surface area contributed by atoms with Gasteiger partial charge in [0.05, 0.1) is 38.1 Å². The van der Waals surface area contributed by atoms with E-state index in [0.29, 0.717) is 0 Å². The highest BCUT2D eigenvalue weighted by Crippen LogP contribution is 2.49. The molecule has 52 heavy (non-hydrogen) atoms. The molecule has 4 aromatic heterocycles. The lowest BCUT2D eigenvalue weighted by Gasteiger charge is -2.27. The Hall–Kier alpha value is -6.62. The molecule has 0 bridgehead atoms. The van der Waals surface area contributed by atoms with Crippen LogP contribution < -0.4 is 4.90 Å². The molecule has 0 saturated heterocycles. The molecular weight excluding hydrogens is 651 g/mol. The van der Waals surface area contributed by atoms with Gasteiger partial charge in [0.1, 0.15) is 5.65 Å². The van der Waals surface area contributed by atoms with Crippen molar-refractivity contribution in [3.05, 3.63) is 176 Å². The van der Waals surface area contributed by atoms with Crippen molar-refractivity contribution in [3.8, 4) is 11.1 Å². The van der Waals surface area contributed by atoms with Crippen LogP contribution in [-0.4, -0.2) is 8.80 Å². The Morgan fingerprint density at radius 1 is 0.423 bits per heavy atom. The molecule has 0 aliphatic rings. The molecule has 0 aliphatic heterocycles. The van der Waals surface area contributed by atoms with Crippen LogP contribution in [0, 0.1) is 0 Å². The molecular formula is C48H29N3S. The Morgan fingerprint density at radius 2 is 1.04 bits per heavy atom. The maximum Gasteiger partial charge on any atom is 0.131 e. The van der Waals surface area contributed by atoms with Crippen molar-refractivity contribution < 1.29 is 0 Å². The highest BCUT2D eigenvalue weighted by molar-refractivity contribution is 7.26. The number of para-hydroxylation sites is 4. The first-order valence-electron chi connectivity index (χ1n) is 17.8. The smallest absolute Gasteiger partial charge is 0.131 e. The molecule has 0 radical (unpaired) electrons. The van der Waals surface area contributed by atoms with Crippen LogP contribution in [0.4, 0.5) is 17.1 Å². The number of nitrogens with zero attached hydrogens (tertiary/aromatic N) is 3. The number of benzene rings is 8. The SMILES string of the molecule is c1ccc2c(-c3ccc(N(c4cccc5c4sc4ccccc45)c4cccc5c6c7ccccc7n7c8ccccc8n(c45)c67)cc3)cccc2c1.